The standard InChI is InChI=1S/C16H25NO2/c1-2-3-5-14-6-8-15(9-7-14)16(10-11-17)18-12-4-13-19-16/h6-9H,2-5,10-13,17H2,1H3. The molecule has 3 nitrogen and oxygen atoms in total. The summed E-state index contributed by atoms with van der Waals surface area (Å²) in [5.74, 6) is -0.615. The van der Waals surface area contributed by atoms with Gasteiger partial charge < -0.3 is 15.2 Å². The first-order valence-corrected chi connectivity index (χ1v) is 7.38. The van der Waals surface area contributed by atoms with E-state index in [9.17, 15) is 0 Å². The van der Waals surface area contributed by atoms with Gasteiger partial charge in [-0.05, 0) is 31.4 Å². The molecule has 1 aliphatic rings. The third-order valence-corrected chi connectivity index (χ3v) is 3.65. The van der Waals surface area contributed by atoms with Crippen LogP contribution in [0.15, 0.2) is 24.3 Å². The molecule has 3 heteroatoms. The summed E-state index contributed by atoms with van der Waals surface area (Å²) in [5.41, 5.74) is 8.19. The SMILES string of the molecule is CCCCc1ccc(C2(CCN)OCCCO2)cc1. The summed E-state index contributed by atoms with van der Waals surface area (Å²) in [6, 6.07) is 8.63. The van der Waals surface area contributed by atoms with Crippen LogP contribution in [0.25, 0.3) is 0 Å². The van der Waals surface area contributed by atoms with Crippen LogP contribution < -0.4 is 5.73 Å². The smallest absolute Gasteiger partial charge is 0.195 e. The molecule has 19 heavy (non-hydrogen) atoms. The number of benzene rings is 1. The largest absolute Gasteiger partial charge is 0.346 e. The van der Waals surface area contributed by atoms with E-state index in [0.717, 1.165) is 31.6 Å². The van der Waals surface area contributed by atoms with Crippen molar-refractivity contribution >= 4 is 0 Å². The van der Waals surface area contributed by atoms with Crippen molar-refractivity contribution < 1.29 is 9.47 Å². The molecule has 1 heterocycles. The van der Waals surface area contributed by atoms with E-state index in [-0.39, 0.29) is 0 Å². The predicted octanol–water partition coefficient (Wildman–Crippen LogP) is 2.97. The van der Waals surface area contributed by atoms with Gasteiger partial charge in [-0.15, -0.1) is 0 Å². The monoisotopic (exact) mass is 263 g/mol. The second kappa shape index (κ2) is 7.04. The molecule has 0 aliphatic carbocycles. The minimum absolute atomic E-state index is 0.567. The van der Waals surface area contributed by atoms with Gasteiger partial charge in [0.2, 0.25) is 0 Å². The lowest BCUT2D eigenvalue weighted by atomic mass is 9.98. The van der Waals surface area contributed by atoms with Crippen molar-refractivity contribution in [2.45, 2.75) is 44.8 Å². The number of aryl methyl sites for hydroxylation is 1. The molecule has 0 amide bonds. The maximum absolute atomic E-state index is 5.91. The molecule has 2 rings (SSSR count). The van der Waals surface area contributed by atoms with Crippen molar-refractivity contribution in [2.24, 2.45) is 5.73 Å². The second-order valence-electron chi connectivity index (χ2n) is 5.14. The highest BCUT2D eigenvalue weighted by molar-refractivity contribution is 5.26. The Morgan fingerprint density at radius 3 is 2.42 bits per heavy atom. The van der Waals surface area contributed by atoms with Crippen molar-refractivity contribution in [1.29, 1.82) is 0 Å². The minimum atomic E-state index is -0.615. The fourth-order valence-corrected chi connectivity index (χ4v) is 2.53. The summed E-state index contributed by atoms with van der Waals surface area (Å²) in [7, 11) is 0. The van der Waals surface area contributed by atoms with Crippen LogP contribution in [0, 0.1) is 0 Å². The molecular formula is C16H25NO2. The van der Waals surface area contributed by atoms with Crippen molar-refractivity contribution in [3.63, 3.8) is 0 Å². The Hall–Kier alpha value is -0.900. The quantitative estimate of drug-likeness (QED) is 0.858. The third kappa shape index (κ3) is 3.56. The van der Waals surface area contributed by atoms with E-state index in [1.807, 2.05) is 0 Å². The highest BCUT2D eigenvalue weighted by Gasteiger charge is 2.35. The average Bonchev–Trinajstić information content (AvgIpc) is 2.47. The van der Waals surface area contributed by atoms with Gasteiger partial charge in [-0.2, -0.15) is 0 Å². The van der Waals surface area contributed by atoms with Crippen LogP contribution in [0.4, 0.5) is 0 Å². The number of ether oxygens (including phenoxy) is 2. The molecule has 1 aromatic rings. The van der Waals surface area contributed by atoms with Crippen molar-refractivity contribution in [2.75, 3.05) is 19.8 Å². The van der Waals surface area contributed by atoms with Crippen LogP contribution >= 0.6 is 0 Å². The third-order valence-electron chi connectivity index (χ3n) is 3.65. The molecule has 106 valence electrons. The molecule has 0 atom stereocenters. The van der Waals surface area contributed by atoms with E-state index in [0.29, 0.717) is 13.0 Å². The molecule has 1 aliphatic heterocycles. The van der Waals surface area contributed by atoms with Crippen LogP contribution in [0.5, 0.6) is 0 Å². The van der Waals surface area contributed by atoms with E-state index < -0.39 is 5.79 Å². The van der Waals surface area contributed by atoms with Gasteiger partial charge in [0.25, 0.3) is 0 Å². The number of nitrogens with two attached hydrogens (primary N) is 1. The molecule has 0 radical (unpaired) electrons. The maximum Gasteiger partial charge on any atom is 0.195 e. The van der Waals surface area contributed by atoms with Crippen LogP contribution in [0.2, 0.25) is 0 Å². The lowest BCUT2D eigenvalue weighted by molar-refractivity contribution is -0.278. The van der Waals surface area contributed by atoms with Crippen LogP contribution in [-0.2, 0) is 21.7 Å². The Morgan fingerprint density at radius 1 is 1.16 bits per heavy atom. The Labute approximate surface area is 116 Å². The van der Waals surface area contributed by atoms with Gasteiger partial charge in [0, 0.05) is 12.0 Å². The minimum Gasteiger partial charge on any atom is -0.346 e. The molecule has 0 bridgehead atoms. The molecule has 0 aromatic heterocycles. The second-order valence-corrected chi connectivity index (χ2v) is 5.14. The lowest BCUT2D eigenvalue weighted by Gasteiger charge is -2.37. The van der Waals surface area contributed by atoms with Gasteiger partial charge in [0.1, 0.15) is 0 Å². The summed E-state index contributed by atoms with van der Waals surface area (Å²) < 4.78 is 11.8. The predicted molar refractivity (Wildman–Crippen MR) is 76.9 cm³/mol. The Bertz CT molecular complexity index is 363. The zero-order valence-corrected chi connectivity index (χ0v) is 11.9. The van der Waals surface area contributed by atoms with Crippen molar-refractivity contribution in [1.82, 2.24) is 0 Å². The summed E-state index contributed by atoms with van der Waals surface area (Å²) in [6.07, 6.45) is 5.27. The first kappa shape index (κ1) is 14.5. The number of unbranched alkanes of at least 4 members (excludes halogenated alkanes) is 1. The first-order chi connectivity index (χ1) is 9.30. The van der Waals surface area contributed by atoms with Gasteiger partial charge >= 0.3 is 0 Å². The van der Waals surface area contributed by atoms with E-state index >= 15 is 0 Å². The summed E-state index contributed by atoms with van der Waals surface area (Å²) in [5, 5.41) is 0. The zero-order valence-electron chi connectivity index (χ0n) is 11.9. The Balaban J connectivity index is 2.12. The van der Waals surface area contributed by atoms with Gasteiger partial charge in [-0.3, -0.25) is 0 Å². The molecule has 0 spiro atoms. The van der Waals surface area contributed by atoms with Gasteiger partial charge in [0.15, 0.2) is 5.79 Å². The molecular weight excluding hydrogens is 238 g/mol. The summed E-state index contributed by atoms with van der Waals surface area (Å²) in [4.78, 5) is 0. The topological polar surface area (TPSA) is 44.5 Å². The van der Waals surface area contributed by atoms with Gasteiger partial charge in [-0.25, -0.2) is 0 Å². The van der Waals surface area contributed by atoms with E-state index in [1.54, 1.807) is 0 Å². The average molecular weight is 263 g/mol. The molecule has 1 fully saturated rings. The molecule has 0 saturated carbocycles. The van der Waals surface area contributed by atoms with Crippen molar-refractivity contribution in [3.05, 3.63) is 35.4 Å². The normalized spacial score (nSPS) is 18.4. The maximum atomic E-state index is 5.91. The van der Waals surface area contributed by atoms with Crippen LogP contribution in [0.3, 0.4) is 0 Å². The van der Waals surface area contributed by atoms with Gasteiger partial charge in [0.05, 0.1) is 13.2 Å². The summed E-state index contributed by atoms with van der Waals surface area (Å²) >= 11 is 0. The summed E-state index contributed by atoms with van der Waals surface area (Å²) in [6.45, 7) is 4.28. The number of hydrogen-bond donors (Lipinski definition) is 1. The molecule has 1 saturated heterocycles. The Morgan fingerprint density at radius 2 is 1.84 bits per heavy atom. The first-order valence-electron chi connectivity index (χ1n) is 7.38. The molecule has 1 aromatic carbocycles. The zero-order chi connectivity index (χ0) is 13.6. The van der Waals surface area contributed by atoms with E-state index in [4.69, 9.17) is 15.2 Å². The number of hydrogen-bond acceptors (Lipinski definition) is 3. The van der Waals surface area contributed by atoms with Gasteiger partial charge in [-0.1, -0.05) is 37.6 Å². The van der Waals surface area contributed by atoms with Crippen LogP contribution in [-0.4, -0.2) is 19.8 Å². The Kier molecular flexibility index (Phi) is 5.37. The number of rotatable bonds is 6. The fraction of sp³-hybridized carbons (Fsp3) is 0.625. The lowest BCUT2D eigenvalue weighted by Crippen LogP contribution is -2.39. The molecule has 2 N–H and O–H groups in total. The van der Waals surface area contributed by atoms with E-state index in [2.05, 4.69) is 31.2 Å². The fourth-order valence-electron chi connectivity index (χ4n) is 2.53. The highest BCUT2D eigenvalue weighted by Crippen LogP contribution is 2.33. The van der Waals surface area contributed by atoms with Crippen molar-refractivity contribution in [3.8, 4) is 0 Å². The van der Waals surface area contributed by atoms with E-state index in [1.165, 1.54) is 18.4 Å². The van der Waals surface area contributed by atoms with Crippen LogP contribution in [0.1, 0.15) is 43.7 Å². The molecule has 0 unspecified atom stereocenters. The highest BCUT2D eigenvalue weighted by atomic mass is 16.7.